The largest absolute Gasteiger partial charge is 0.444 e. The molecule has 6 nitrogen and oxygen atoms in total. The fourth-order valence-corrected chi connectivity index (χ4v) is 2.10. The first-order chi connectivity index (χ1) is 12.6. The third-order valence-electron chi connectivity index (χ3n) is 3.26. The van der Waals surface area contributed by atoms with Crippen molar-refractivity contribution in [2.24, 2.45) is 0 Å². The topological polar surface area (TPSA) is 79.5 Å². The quantitative estimate of drug-likeness (QED) is 0.727. The fourth-order valence-electron chi connectivity index (χ4n) is 2.10. The molecule has 0 heterocycles. The van der Waals surface area contributed by atoms with Gasteiger partial charge >= 0.3 is 12.1 Å². The molecule has 0 radical (unpaired) electrons. The smallest absolute Gasteiger partial charge is 0.412 e. The van der Waals surface area contributed by atoms with Gasteiger partial charge in [0.15, 0.2) is 0 Å². The lowest BCUT2D eigenvalue weighted by molar-refractivity contribution is 0.0635. The highest BCUT2D eigenvalue weighted by atomic mass is 19.1. The van der Waals surface area contributed by atoms with Gasteiger partial charge in [0.1, 0.15) is 17.2 Å². The number of urea groups is 1. The maximum Gasteiger partial charge on any atom is 0.412 e. The van der Waals surface area contributed by atoms with Crippen molar-refractivity contribution in [2.45, 2.75) is 32.9 Å². The van der Waals surface area contributed by atoms with Crippen molar-refractivity contribution in [2.75, 3.05) is 10.6 Å². The molecule has 0 unspecified atom stereocenters. The van der Waals surface area contributed by atoms with Crippen molar-refractivity contribution in [1.82, 2.24) is 5.32 Å². The highest BCUT2D eigenvalue weighted by Gasteiger charge is 2.17. The van der Waals surface area contributed by atoms with Crippen molar-refractivity contribution in [3.05, 3.63) is 59.7 Å². The number of rotatable bonds is 4. The van der Waals surface area contributed by atoms with E-state index in [1.807, 2.05) is 0 Å². The number of carbonyl (C=O) groups excluding carboxylic acids is 2. The Morgan fingerprint density at radius 1 is 1.00 bits per heavy atom. The van der Waals surface area contributed by atoms with Crippen LogP contribution in [-0.2, 0) is 11.3 Å². The Kier molecular flexibility index (Phi) is 6.33. The van der Waals surface area contributed by atoms with E-state index in [4.69, 9.17) is 4.74 Å². The number of amides is 3. The monoisotopic (exact) mass is 377 g/mol. The number of anilines is 2. The highest BCUT2D eigenvalue weighted by Crippen LogP contribution is 2.21. The lowest BCUT2D eigenvalue weighted by Gasteiger charge is -2.20. The van der Waals surface area contributed by atoms with Crippen LogP contribution >= 0.6 is 0 Å². The lowest BCUT2D eigenvalue weighted by atomic mass is 10.2. The summed E-state index contributed by atoms with van der Waals surface area (Å²) in [5.41, 5.74) is -0.299. The Labute approximate surface area is 155 Å². The average molecular weight is 377 g/mol. The van der Waals surface area contributed by atoms with Gasteiger partial charge in [0.25, 0.3) is 0 Å². The van der Waals surface area contributed by atoms with Crippen molar-refractivity contribution >= 4 is 23.5 Å². The van der Waals surface area contributed by atoms with Crippen molar-refractivity contribution in [3.63, 3.8) is 0 Å². The number of nitrogens with one attached hydrogen (secondary N) is 3. The van der Waals surface area contributed by atoms with E-state index in [0.717, 1.165) is 6.07 Å². The van der Waals surface area contributed by atoms with E-state index < -0.39 is 29.4 Å². The minimum absolute atomic E-state index is 0.0112. The molecule has 0 aliphatic carbocycles. The van der Waals surface area contributed by atoms with Gasteiger partial charge in [-0.25, -0.2) is 18.4 Å². The fraction of sp³-hybridized carbons (Fsp3) is 0.263. The van der Waals surface area contributed by atoms with Crippen molar-refractivity contribution < 1.29 is 23.1 Å². The molecule has 0 saturated heterocycles. The van der Waals surface area contributed by atoms with Crippen LogP contribution in [0.2, 0.25) is 0 Å². The second-order valence-corrected chi connectivity index (χ2v) is 6.72. The predicted molar refractivity (Wildman–Crippen MR) is 98.5 cm³/mol. The van der Waals surface area contributed by atoms with Gasteiger partial charge in [-0.3, -0.25) is 5.32 Å². The zero-order valence-corrected chi connectivity index (χ0v) is 15.2. The summed E-state index contributed by atoms with van der Waals surface area (Å²) in [6.45, 7) is 5.03. The van der Waals surface area contributed by atoms with E-state index in [9.17, 15) is 18.4 Å². The molecule has 3 amide bonds. The molecular weight excluding hydrogens is 356 g/mol. The molecule has 144 valence electrons. The molecule has 0 aliphatic heterocycles. The Morgan fingerprint density at radius 3 is 2.37 bits per heavy atom. The van der Waals surface area contributed by atoms with Gasteiger partial charge in [-0.2, -0.15) is 0 Å². The number of hydrogen-bond acceptors (Lipinski definition) is 3. The molecule has 0 aliphatic rings. The van der Waals surface area contributed by atoms with E-state index >= 15 is 0 Å². The Morgan fingerprint density at radius 2 is 1.70 bits per heavy atom. The Bertz CT molecular complexity index is 835. The molecule has 2 aromatic carbocycles. The molecule has 3 N–H and O–H groups in total. The number of benzene rings is 2. The standard InChI is InChI=1S/C19H21F2N3O3/c1-19(2,3)27-18(26)24-16-10-13(8-9-15(16)21)23-17(25)22-11-12-6-4-5-7-14(12)20/h4-10H,11H2,1-3H3,(H,24,26)(H2,22,23,25). The average Bonchev–Trinajstić information content (AvgIpc) is 2.55. The van der Waals surface area contributed by atoms with E-state index in [-0.39, 0.29) is 17.9 Å². The second kappa shape index (κ2) is 8.48. The van der Waals surface area contributed by atoms with Gasteiger partial charge in [0.05, 0.1) is 5.69 Å². The first-order valence-electron chi connectivity index (χ1n) is 8.22. The van der Waals surface area contributed by atoms with Gasteiger partial charge in [-0.15, -0.1) is 0 Å². The zero-order chi connectivity index (χ0) is 20.0. The minimum atomic E-state index is -0.817. The lowest BCUT2D eigenvalue weighted by Crippen LogP contribution is -2.29. The molecule has 8 heteroatoms. The molecule has 0 spiro atoms. The summed E-state index contributed by atoms with van der Waals surface area (Å²) in [7, 11) is 0. The van der Waals surface area contributed by atoms with Crippen LogP contribution in [0.4, 0.5) is 29.7 Å². The SMILES string of the molecule is CC(C)(C)OC(=O)Nc1cc(NC(=O)NCc2ccccc2F)ccc1F. The Hall–Kier alpha value is -3.16. The molecule has 2 aromatic rings. The number of ether oxygens (including phenoxy) is 1. The van der Waals surface area contributed by atoms with Gasteiger partial charge < -0.3 is 15.4 Å². The number of hydrogen-bond donors (Lipinski definition) is 3. The predicted octanol–water partition coefficient (Wildman–Crippen LogP) is 4.63. The van der Waals surface area contributed by atoms with Crippen LogP contribution in [-0.4, -0.2) is 17.7 Å². The molecule has 0 saturated carbocycles. The molecule has 0 fully saturated rings. The summed E-state index contributed by atoms with van der Waals surface area (Å²) in [4.78, 5) is 23.7. The first-order valence-corrected chi connectivity index (χ1v) is 8.22. The van der Waals surface area contributed by atoms with Gasteiger partial charge in [0, 0.05) is 17.8 Å². The van der Waals surface area contributed by atoms with Crippen LogP contribution in [0.25, 0.3) is 0 Å². The molecule has 27 heavy (non-hydrogen) atoms. The summed E-state index contributed by atoms with van der Waals surface area (Å²) in [6.07, 6.45) is -0.817. The van der Waals surface area contributed by atoms with Crippen molar-refractivity contribution in [3.8, 4) is 0 Å². The third kappa shape index (κ3) is 6.58. The normalized spacial score (nSPS) is 10.9. The van der Waals surface area contributed by atoms with E-state index in [1.54, 1.807) is 39.0 Å². The molecular formula is C19H21F2N3O3. The van der Waals surface area contributed by atoms with Crippen LogP contribution in [0.1, 0.15) is 26.3 Å². The van der Waals surface area contributed by atoms with E-state index in [2.05, 4.69) is 16.0 Å². The van der Waals surface area contributed by atoms with Crippen LogP contribution in [0.15, 0.2) is 42.5 Å². The van der Waals surface area contributed by atoms with E-state index in [0.29, 0.717) is 5.56 Å². The van der Waals surface area contributed by atoms with Crippen LogP contribution in [0.3, 0.4) is 0 Å². The second-order valence-electron chi connectivity index (χ2n) is 6.72. The van der Waals surface area contributed by atoms with Crippen LogP contribution < -0.4 is 16.0 Å². The minimum Gasteiger partial charge on any atom is -0.444 e. The van der Waals surface area contributed by atoms with Gasteiger partial charge in [0.2, 0.25) is 0 Å². The van der Waals surface area contributed by atoms with Crippen LogP contribution in [0, 0.1) is 11.6 Å². The van der Waals surface area contributed by atoms with E-state index in [1.165, 1.54) is 18.2 Å². The summed E-state index contributed by atoms with van der Waals surface area (Å²) in [5.74, 6) is -1.11. The summed E-state index contributed by atoms with van der Waals surface area (Å²) < 4.78 is 32.5. The summed E-state index contributed by atoms with van der Waals surface area (Å²) in [6, 6.07) is 9.13. The third-order valence-corrected chi connectivity index (χ3v) is 3.26. The highest BCUT2D eigenvalue weighted by molar-refractivity contribution is 5.91. The maximum atomic E-state index is 13.9. The van der Waals surface area contributed by atoms with Gasteiger partial charge in [-0.05, 0) is 45.0 Å². The van der Waals surface area contributed by atoms with Crippen molar-refractivity contribution in [1.29, 1.82) is 0 Å². The Balaban J connectivity index is 1.97. The number of carbonyl (C=O) groups is 2. The molecule has 0 aromatic heterocycles. The maximum absolute atomic E-state index is 13.9. The molecule has 0 bridgehead atoms. The summed E-state index contributed by atoms with van der Waals surface area (Å²) >= 11 is 0. The van der Waals surface area contributed by atoms with Gasteiger partial charge in [-0.1, -0.05) is 18.2 Å². The molecule has 2 rings (SSSR count). The molecule has 0 atom stereocenters. The number of halogens is 2. The first kappa shape index (κ1) is 20.2. The summed E-state index contributed by atoms with van der Waals surface area (Å²) in [5, 5.41) is 7.28. The van der Waals surface area contributed by atoms with Crippen LogP contribution in [0.5, 0.6) is 0 Å². The zero-order valence-electron chi connectivity index (χ0n) is 15.2.